The van der Waals surface area contributed by atoms with E-state index in [9.17, 15) is 14.7 Å². The third-order valence-electron chi connectivity index (χ3n) is 4.53. The fraction of sp³-hybridized carbons (Fsp3) is 0.875. The van der Waals surface area contributed by atoms with E-state index < -0.39 is 5.60 Å². The molecule has 3 N–H and O–H groups in total. The predicted octanol–water partition coefficient (Wildman–Crippen LogP) is 1.60. The summed E-state index contributed by atoms with van der Waals surface area (Å²) in [6.07, 6.45) is 6.46. The number of carbonyl (C=O) groups is 2. The lowest BCUT2D eigenvalue weighted by molar-refractivity contribution is -0.127. The lowest BCUT2D eigenvalue weighted by Gasteiger charge is -2.27. The first-order chi connectivity index (χ1) is 9.81. The van der Waals surface area contributed by atoms with Gasteiger partial charge in [0.2, 0.25) is 11.8 Å². The normalized spacial score (nSPS) is 19.1. The van der Waals surface area contributed by atoms with E-state index in [-0.39, 0.29) is 30.8 Å². The highest BCUT2D eigenvalue weighted by Gasteiger charge is 2.25. The summed E-state index contributed by atoms with van der Waals surface area (Å²) >= 11 is 0. The molecule has 21 heavy (non-hydrogen) atoms. The van der Waals surface area contributed by atoms with Crippen LogP contribution >= 0.6 is 0 Å². The molecule has 5 nitrogen and oxygen atoms in total. The molecule has 0 aromatic rings. The van der Waals surface area contributed by atoms with Gasteiger partial charge in [0.1, 0.15) is 0 Å². The highest BCUT2D eigenvalue weighted by atomic mass is 16.3. The molecule has 0 saturated heterocycles. The second kappa shape index (κ2) is 8.37. The Balaban J connectivity index is 2.18. The molecule has 0 aliphatic heterocycles. The van der Waals surface area contributed by atoms with Crippen LogP contribution in [0.15, 0.2) is 0 Å². The van der Waals surface area contributed by atoms with Crippen molar-refractivity contribution >= 4 is 11.8 Å². The maximum absolute atomic E-state index is 11.8. The highest BCUT2D eigenvalue weighted by Crippen LogP contribution is 2.25. The lowest BCUT2D eigenvalue weighted by atomic mass is 9.87. The van der Waals surface area contributed by atoms with Gasteiger partial charge in [-0.3, -0.25) is 9.59 Å². The van der Waals surface area contributed by atoms with Crippen molar-refractivity contribution in [2.24, 2.45) is 11.8 Å². The van der Waals surface area contributed by atoms with Crippen LogP contribution in [0.25, 0.3) is 0 Å². The average Bonchev–Trinajstić information content (AvgIpc) is 2.44. The van der Waals surface area contributed by atoms with Gasteiger partial charge in [-0.15, -0.1) is 0 Å². The van der Waals surface area contributed by atoms with E-state index in [4.69, 9.17) is 0 Å². The SMILES string of the molecule is CC(C)C(C)(O)CNC(=O)CNC(=O)CC1CCCCC1. The second-order valence-corrected chi connectivity index (χ2v) is 6.77. The molecule has 2 amide bonds. The van der Waals surface area contributed by atoms with Gasteiger partial charge in [0.15, 0.2) is 0 Å². The monoisotopic (exact) mass is 298 g/mol. The highest BCUT2D eigenvalue weighted by molar-refractivity contribution is 5.84. The summed E-state index contributed by atoms with van der Waals surface area (Å²) < 4.78 is 0. The second-order valence-electron chi connectivity index (χ2n) is 6.77. The Morgan fingerprint density at radius 3 is 2.33 bits per heavy atom. The minimum absolute atomic E-state index is 0.0142. The van der Waals surface area contributed by atoms with Crippen LogP contribution in [0, 0.1) is 11.8 Å². The van der Waals surface area contributed by atoms with Gasteiger partial charge in [0, 0.05) is 13.0 Å². The predicted molar refractivity (Wildman–Crippen MR) is 82.7 cm³/mol. The first kappa shape index (κ1) is 18.0. The van der Waals surface area contributed by atoms with Gasteiger partial charge < -0.3 is 15.7 Å². The van der Waals surface area contributed by atoms with Crippen molar-refractivity contribution in [3.05, 3.63) is 0 Å². The van der Waals surface area contributed by atoms with Gasteiger partial charge in [-0.1, -0.05) is 33.1 Å². The molecule has 0 bridgehead atoms. The van der Waals surface area contributed by atoms with Crippen LogP contribution in [0.4, 0.5) is 0 Å². The van der Waals surface area contributed by atoms with Crippen LogP contribution in [-0.2, 0) is 9.59 Å². The largest absolute Gasteiger partial charge is 0.388 e. The molecule has 0 heterocycles. The van der Waals surface area contributed by atoms with E-state index in [0.29, 0.717) is 12.3 Å². The summed E-state index contributed by atoms with van der Waals surface area (Å²) in [7, 11) is 0. The van der Waals surface area contributed by atoms with Crippen molar-refractivity contribution in [3.63, 3.8) is 0 Å². The maximum atomic E-state index is 11.8. The van der Waals surface area contributed by atoms with E-state index >= 15 is 0 Å². The van der Waals surface area contributed by atoms with Crippen molar-refractivity contribution in [2.45, 2.75) is 64.9 Å². The van der Waals surface area contributed by atoms with Crippen LogP contribution in [0.3, 0.4) is 0 Å². The number of amides is 2. The van der Waals surface area contributed by atoms with Gasteiger partial charge in [-0.25, -0.2) is 0 Å². The smallest absolute Gasteiger partial charge is 0.239 e. The molecular weight excluding hydrogens is 268 g/mol. The van der Waals surface area contributed by atoms with Crippen LogP contribution in [-0.4, -0.2) is 35.6 Å². The molecule has 0 aromatic heterocycles. The molecule has 1 aliphatic rings. The standard InChI is InChI=1S/C16H30N2O3/c1-12(2)16(3,21)11-18-15(20)10-17-14(19)9-13-7-5-4-6-8-13/h12-13,21H,4-11H2,1-3H3,(H,17,19)(H,18,20). The van der Waals surface area contributed by atoms with Crippen LogP contribution in [0.5, 0.6) is 0 Å². The molecule has 0 radical (unpaired) electrons. The number of hydrogen-bond donors (Lipinski definition) is 3. The van der Waals surface area contributed by atoms with Gasteiger partial charge in [0.25, 0.3) is 0 Å². The Morgan fingerprint density at radius 1 is 1.14 bits per heavy atom. The zero-order valence-electron chi connectivity index (χ0n) is 13.6. The fourth-order valence-electron chi connectivity index (χ4n) is 2.45. The third kappa shape index (κ3) is 6.93. The minimum Gasteiger partial charge on any atom is -0.388 e. The van der Waals surface area contributed by atoms with Crippen molar-refractivity contribution in [1.82, 2.24) is 10.6 Å². The van der Waals surface area contributed by atoms with Crippen molar-refractivity contribution < 1.29 is 14.7 Å². The van der Waals surface area contributed by atoms with Crippen molar-refractivity contribution in [2.75, 3.05) is 13.1 Å². The zero-order chi connectivity index (χ0) is 15.9. The molecular formula is C16H30N2O3. The molecule has 1 rings (SSSR count). The summed E-state index contributed by atoms with van der Waals surface area (Å²) in [6.45, 7) is 5.68. The van der Waals surface area contributed by atoms with E-state index in [0.717, 1.165) is 12.8 Å². The molecule has 122 valence electrons. The molecule has 1 atom stereocenters. The Labute approximate surface area is 127 Å². The quantitative estimate of drug-likeness (QED) is 0.668. The van der Waals surface area contributed by atoms with Gasteiger partial charge in [-0.2, -0.15) is 0 Å². The Kier molecular flexibility index (Phi) is 7.15. The van der Waals surface area contributed by atoms with Crippen molar-refractivity contribution in [1.29, 1.82) is 0 Å². The number of carbonyl (C=O) groups excluding carboxylic acids is 2. The topological polar surface area (TPSA) is 78.4 Å². The molecule has 5 heteroatoms. The molecule has 0 spiro atoms. The number of rotatable bonds is 7. The molecule has 1 fully saturated rings. The first-order valence-electron chi connectivity index (χ1n) is 8.07. The van der Waals surface area contributed by atoms with Crippen LogP contribution in [0.2, 0.25) is 0 Å². The third-order valence-corrected chi connectivity index (χ3v) is 4.53. The number of nitrogens with one attached hydrogen (secondary N) is 2. The molecule has 0 aromatic carbocycles. The Bertz CT molecular complexity index is 347. The molecule has 1 aliphatic carbocycles. The summed E-state index contributed by atoms with van der Waals surface area (Å²) in [5.74, 6) is 0.225. The van der Waals surface area contributed by atoms with Gasteiger partial charge in [-0.05, 0) is 31.6 Å². The van der Waals surface area contributed by atoms with E-state index in [1.807, 2.05) is 13.8 Å². The Morgan fingerprint density at radius 2 is 1.76 bits per heavy atom. The van der Waals surface area contributed by atoms with Crippen molar-refractivity contribution in [3.8, 4) is 0 Å². The number of aliphatic hydroxyl groups is 1. The summed E-state index contributed by atoms with van der Waals surface area (Å²) in [5, 5.41) is 15.4. The first-order valence-corrected chi connectivity index (χ1v) is 8.07. The maximum Gasteiger partial charge on any atom is 0.239 e. The van der Waals surface area contributed by atoms with E-state index in [1.54, 1.807) is 6.92 Å². The summed E-state index contributed by atoms with van der Waals surface area (Å²) in [4.78, 5) is 23.5. The van der Waals surface area contributed by atoms with Gasteiger partial charge in [0.05, 0.1) is 12.1 Å². The van der Waals surface area contributed by atoms with Crippen LogP contribution < -0.4 is 10.6 Å². The number of hydrogen-bond acceptors (Lipinski definition) is 3. The molecule has 1 saturated carbocycles. The minimum atomic E-state index is -0.929. The van der Waals surface area contributed by atoms with E-state index in [2.05, 4.69) is 10.6 Å². The molecule has 1 unspecified atom stereocenters. The van der Waals surface area contributed by atoms with E-state index in [1.165, 1.54) is 19.3 Å². The lowest BCUT2D eigenvalue weighted by Crippen LogP contribution is -2.47. The summed E-state index contributed by atoms with van der Waals surface area (Å²) in [6, 6.07) is 0. The van der Waals surface area contributed by atoms with Crippen LogP contribution in [0.1, 0.15) is 59.3 Å². The Hall–Kier alpha value is -1.10. The van der Waals surface area contributed by atoms with Gasteiger partial charge >= 0.3 is 0 Å². The summed E-state index contributed by atoms with van der Waals surface area (Å²) in [5.41, 5.74) is -0.929. The zero-order valence-corrected chi connectivity index (χ0v) is 13.6. The fourth-order valence-corrected chi connectivity index (χ4v) is 2.45. The average molecular weight is 298 g/mol.